The van der Waals surface area contributed by atoms with Crippen LogP contribution in [0.5, 0.6) is 11.5 Å². The number of hydrogen-bond donors (Lipinski definition) is 0. The van der Waals surface area contributed by atoms with E-state index in [9.17, 15) is 9.59 Å². The van der Waals surface area contributed by atoms with E-state index in [1.165, 1.54) is 25.6 Å². The van der Waals surface area contributed by atoms with Gasteiger partial charge in [0.05, 0.1) is 29.8 Å². The molecular weight excluding hydrogens is 460 g/mol. The van der Waals surface area contributed by atoms with Crippen LogP contribution in [-0.2, 0) is 9.53 Å². The first-order chi connectivity index (χ1) is 14.0. The number of aromatic nitrogens is 2. The molecule has 0 N–H and O–H groups in total. The van der Waals surface area contributed by atoms with Crippen LogP contribution in [0.2, 0.25) is 0 Å². The Morgan fingerprint density at radius 3 is 2.79 bits per heavy atom. The van der Waals surface area contributed by atoms with Crippen molar-refractivity contribution in [2.24, 2.45) is 0 Å². The average molecular weight is 475 g/mol. The minimum absolute atomic E-state index is 0.129. The fourth-order valence-electron chi connectivity index (χ4n) is 2.88. The zero-order valence-electron chi connectivity index (χ0n) is 15.5. The van der Waals surface area contributed by atoms with Crippen molar-refractivity contribution >= 4 is 55.3 Å². The number of rotatable bonds is 5. The minimum Gasteiger partial charge on any atom is -0.493 e. The number of carbonyl (C=O) groups excluding carboxylic acids is 1. The molecule has 0 saturated heterocycles. The van der Waals surface area contributed by atoms with Gasteiger partial charge in [-0.15, -0.1) is 0 Å². The number of ether oxygens (including phenoxy) is 3. The third-order valence-corrected chi connectivity index (χ3v) is 5.94. The zero-order valence-corrected chi connectivity index (χ0v) is 17.9. The van der Waals surface area contributed by atoms with Crippen LogP contribution >= 0.6 is 27.3 Å². The van der Waals surface area contributed by atoms with Gasteiger partial charge in [-0.25, -0.2) is 14.2 Å². The van der Waals surface area contributed by atoms with Crippen LogP contribution in [0.4, 0.5) is 0 Å². The highest BCUT2D eigenvalue weighted by Crippen LogP contribution is 2.34. The fourth-order valence-corrected chi connectivity index (χ4v) is 4.30. The van der Waals surface area contributed by atoms with Crippen molar-refractivity contribution in [3.63, 3.8) is 0 Å². The highest BCUT2D eigenvalue weighted by Gasteiger charge is 2.14. The van der Waals surface area contributed by atoms with Crippen molar-refractivity contribution < 1.29 is 19.0 Å². The summed E-state index contributed by atoms with van der Waals surface area (Å²) in [7, 11) is 2.79. The second-order valence-corrected chi connectivity index (χ2v) is 7.89. The lowest BCUT2D eigenvalue weighted by Crippen LogP contribution is -2.22. The number of fused-ring (bicyclic) bond motifs is 3. The van der Waals surface area contributed by atoms with E-state index in [1.807, 2.05) is 24.3 Å². The average Bonchev–Trinajstić information content (AvgIpc) is 3.23. The summed E-state index contributed by atoms with van der Waals surface area (Å²) in [6.07, 6.45) is 1.77. The summed E-state index contributed by atoms with van der Waals surface area (Å²) >= 11 is 4.81. The largest absolute Gasteiger partial charge is 0.493 e. The summed E-state index contributed by atoms with van der Waals surface area (Å²) in [6, 6.07) is 10.9. The van der Waals surface area contributed by atoms with E-state index in [2.05, 4.69) is 25.7 Å². The molecule has 0 amide bonds. The van der Waals surface area contributed by atoms with Crippen molar-refractivity contribution in [2.75, 3.05) is 20.8 Å². The van der Waals surface area contributed by atoms with Gasteiger partial charge in [-0.2, -0.15) is 0 Å². The number of para-hydroxylation sites is 2. The number of esters is 1. The van der Waals surface area contributed by atoms with Gasteiger partial charge in [0.15, 0.2) is 23.1 Å². The minimum atomic E-state index is -0.496. The van der Waals surface area contributed by atoms with Gasteiger partial charge >= 0.3 is 5.97 Å². The molecule has 0 saturated carbocycles. The number of benzene rings is 2. The van der Waals surface area contributed by atoms with Gasteiger partial charge in [0.2, 0.25) is 0 Å². The van der Waals surface area contributed by atoms with Crippen molar-refractivity contribution in [2.45, 2.75) is 0 Å². The van der Waals surface area contributed by atoms with Gasteiger partial charge in [-0.3, -0.25) is 4.79 Å². The lowest BCUT2D eigenvalue weighted by molar-refractivity contribution is -0.142. The van der Waals surface area contributed by atoms with Crippen molar-refractivity contribution in [1.29, 1.82) is 0 Å². The first-order valence-corrected chi connectivity index (χ1v) is 10.1. The molecule has 7 nitrogen and oxygen atoms in total. The van der Waals surface area contributed by atoms with E-state index in [0.29, 0.717) is 25.5 Å². The molecule has 4 rings (SSSR count). The number of halogens is 1. The summed E-state index contributed by atoms with van der Waals surface area (Å²) in [5, 5.41) is 0. The molecular formula is C20H15BrN2O5S. The van der Waals surface area contributed by atoms with Gasteiger partial charge in [0.1, 0.15) is 0 Å². The lowest BCUT2D eigenvalue weighted by Gasteiger charge is -2.11. The summed E-state index contributed by atoms with van der Waals surface area (Å²) in [5.41, 5.74) is 2.18. The number of hydrogen-bond acceptors (Lipinski definition) is 7. The van der Waals surface area contributed by atoms with E-state index in [-0.39, 0.29) is 12.2 Å². The highest BCUT2D eigenvalue weighted by atomic mass is 79.9. The van der Waals surface area contributed by atoms with E-state index in [4.69, 9.17) is 9.47 Å². The van der Waals surface area contributed by atoms with Crippen molar-refractivity contribution in [3.05, 3.63) is 61.3 Å². The Labute approximate surface area is 177 Å². The Bertz CT molecular complexity index is 1340. The Morgan fingerprint density at radius 1 is 1.24 bits per heavy atom. The summed E-state index contributed by atoms with van der Waals surface area (Å²) in [5.74, 6) is 0.322. The molecule has 0 aliphatic carbocycles. The van der Waals surface area contributed by atoms with E-state index >= 15 is 0 Å². The summed E-state index contributed by atoms with van der Waals surface area (Å²) in [4.78, 5) is 29.4. The van der Waals surface area contributed by atoms with Gasteiger partial charge < -0.3 is 14.2 Å². The smallest absolute Gasteiger partial charge is 0.343 e. The first-order valence-electron chi connectivity index (χ1n) is 8.50. The topological polar surface area (TPSA) is 79.1 Å². The van der Waals surface area contributed by atoms with Crippen LogP contribution in [0.1, 0.15) is 5.56 Å². The quantitative estimate of drug-likeness (QED) is 0.413. The zero-order chi connectivity index (χ0) is 20.5. The second kappa shape index (κ2) is 7.84. The Morgan fingerprint density at radius 2 is 2.03 bits per heavy atom. The van der Waals surface area contributed by atoms with E-state index in [0.717, 1.165) is 16.6 Å². The fraction of sp³-hybridized carbons (Fsp3) is 0.150. The van der Waals surface area contributed by atoms with Crippen LogP contribution in [0.3, 0.4) is 0 Å². The van der Waals surface area contributed by atoms with Crippen LogP contribution in [0.15, 0.2) is 45.7 Å². The molecule has 0 fully saturated rings. The molecule has 0 aliphatic rings. The van der Waals surface area contributed by atoms with Crippen molar-refractivity contribution in [3.8, 4) is 11.5 Å². The van der Waals surface area contributed by atoms with Crippen LogP contribution in [-0.4, -0.2) is 36.2 Å². The van der Waals surface area contributed by atoms with Crippen LogP contribution in [0, 0.1) is 0 Å². The lowest BCUT2D eigenvalue weighted by atomic mass is 10.2. The van der Waals surface area contributed by atoms with E-state index in [1.54, 1.807) is 22.6 Å². The summed E-state index contributed by atoms with van der Waals surface area (Å²) in [6.45, 7) is -0.234. The SMILES string of the molecule is COC(=O)COc1cc(Br)c(/C=c2\sc3nc4ccccc4n3c2=O)cc1OC. The highest BCUT2D eigenvalue weighted by molar-refractivity contribution is 9.10. The Hall–Kier alpha value is -2.91. The maximum absolute atomic E-state index is 12.9. The molecule has 2 aromatic carbocycles. The predicted molar refractivity (Wildman–Crippen MR) is 114 cm³/mol. The first kappa shape index (κ1) is 19.4. The number of nitrogens with zero attached hydrogens (tertiary/aromatic N) is 2. The molecule has 4 aromatic rings. The molecule has 0 aliphatic heterocycles. The maximum Gasteiger partial charge on any atom is 0.343 e. The van der Waals surface area contributed by atoms with Gasteiger partial charge in [-0.1, -0.05) is 39.4 Å². The molecule has 29 heavy (non-hydrogen) atoms. The van der Waals surface area contributed by atoms with Gasteiger partial charge in [0.25, 0.3) is 5.56 Å². The number of carbonyl (C=O) groups is 1. The molecule has 2 aromatic heterocycles. The number of methoxy groups -OCH3 is 2. The van der Waals surface area contributed by atoms with Crippen molar-refractivity contribution in [1.82, 2.24) is 9.38 Å². The molecule has 9 heteroatoms. The number of thiazole rings is 1. The molecule has 0 radical (unpaired) electrons. The summed E-state index contributed by atoms with van der Waals surface area (Å²) < 4.78 is 18.3. The molecule has 0 atom stereocenters. The van der Waals surface area contributed by atoms with E-state index < -0.39 is 5.97 Å². The Balaban J connectivity index is 1.79. The Kier molecular flexibility index (Phi) is 5.25. The molecule has 2 heterocycles. The third kappa shape index (κ3) is 3.58. The van der Waals surface area contributed by atoms with Crippen LogP contribution < -0.4 is 19.6 Å². The molecule has 0 spiro atoms. The van der Waals surface area contributed by atoms with Gasteiger partial charge in [0, 0.05) is 4.47 Å². The predicted octanol–water partition coefficient (Wildman–Crippen LogP) is 2.78. The molecule has 0 bridgehead atoms. The second-order valence-electron chi connectivity index (χ2n) is 6.02. The third-order valence-electron chi connectivity index (χ3n) is 4.29. The monoisotopic (exact) mass is 474 g/mol. The molecule has 0 unspecified atom stereocenters. The van der Waals surface area contributed by atoms with Gasteiger partial charge in [-0.05, 0) is 35.9 Å². The number of imidazole rings is 1. The van der Waals surface area contributed by atoms with Crippen LogP contribution in [0.25, 0.3) is 22.1 Å². The standard InChI is InChI=1S/C20H15BrN2O5S/c1-26-15-7-11(12(21)9-16(15)28-10-18(24)27-2)8-17-19(25)23-14-6-4-3-5-13(14)22-20(23)29-17/h3-9H,10H2,1-2H3/b17-8-. The molecule has 148 valence electrons. The normalized spacial score (nSPS) is 11.9. The maximum atomic E-state index is 12.9.